The van der Waals surface area contributed by atoms with Crippen molar-refractivity contribution in [2.75, 3.05) is 13.2 Å². The third kappa shape index (κ3) is 4.81. The lowest BCUT2D eigenvalue weighted by molar-refractivity contribution is 0.247. The van der Waals surface area contributed by atoms with Crippen LogP contribution in [-0.2, 0) is 6.54 Å². The molecule has 0 aromatic heterocycles. The Morgan fingerprint density at radius 2 is 1.71 bits per heavy atom. The van der Waals surface area contributed by atoms with Crippen molar-refractivity contribution in [3.8, 4) is 11.5 Å². The molecule has 0 bridgehead atoms. The molecule has 3 nitrogen and oxygen atoms in total. The van der Waals surface area contributed by atoms with Crippen LogP contribution in [0.5, 0.6) is 11.5 Å². The van der Waals surface area contributed by atoms with Gasteiger partial charge in [0.15, 0.2) is 0 Å². The highest BCUT2D eigenvalue weighted by atomic mass is 35.5. The summed E-state index contributed by atoms with van der Waals surface area (Å²) in [4.78, 5) is 0. The normalized spacial score (nSPS) is 10.4. The summed E-state index contributed by atoms with van der Waals surface area (Å²) in [6.45, 7) is 1.58. The molecule has 0 atom stereocenters. The van der Waals surface area contributed by atoms with Crippen molar-refractivity contribution < 1.29 is 9.47 Å². The minimum absolute atomic E-state index is 0.440. The van der Waals surface area contributed by atoms with Crippen molar-refractivity contribution in [2.45, 2.75) is 13.0 Å². The van der Waals surface area contributed by atoms with Gasteiger partial charge in [0, 0.05) is 13.0 Å². The number of benzene rings is 2. The fourth-order valence-electron chi connectivity index (χ4n) is 1.79. The highest BCUT2D eigenvalue weighted by Crippen LogP contribution is 2.31. The Bertz CT molecular complexity index is 590. The van der Waals surface area contributed by atoms with Crippen LogP contribution in [-0.4, -0.2) is 13.2 Å². The van der Waals surface area contributed by atoms with Crippen molar-refractivity contribution in [2.24, 2.45) is 5.73 Å². The van der Waals surface area contributed by atoms with Gasteiger partial charge in [0.05, 0.1) is 18.2 Å². The average molecular weight is 326 g/mol. The lowest BCUT2D eigenvalue weighted by atomic mass is 10.2. The molecule has 0 unspecified atom stereocenters. The highest BCUT2D eigenvalue weighted by molar-refractivity contribution is 6.42. The zero-order valence-electron chi connectivity index (χ0n) is 11.5. The van der Waals surface area contributed by atoms with Gasteiger partial charge in [-0.3, -0.25) is 0 Å². The summed E-state index contributed by atoms with van der Waals surface area (Å²) >= 11 is 12.0. The molecule has 0 aliphatic carbocycles. The second kappa shape index (κ2) is 8.13. The maximum Gasteiger partial charge on any atom is 0.139 e. The number of rotatable bonds is 7. The molecule has 2 rings (SSSR count). The van der Waals surface area contributed by atoms with Gasteiger partial charge in [-0.05, 0) is 29.8 Å². The summed E-state index contributed by atoms with van der Waals surface area (Å²) in [5, 5.41) is 0.930. The monoisotopic (exact) mass is 325 g/mol. The Balaban J connectivity index is 1.73. The smallest absolute Gasteiger partial charge is 0.139 e. The van der Waals surface area contributed by atoms with Gasteiger partial charge in [0.2, 0.25) is 0 Å². The van der Waals surface area contributed by atoms with Crippen molar-refractivity contribution in [1.82, 2.24) is 0 Å². The lowest BCUT2D eigenvalue weighted by Gasteiger charge is -2.10. The van der Waals surface area contributed by atoms with Crippen LogP contribution in [0.15, 0.2) is 42.5 Å². The first kappa shape index (κ1) is 16.0. The average Bonchev–Trinajstić information content (AvgIpc) is 2.51. The maximum absolute atomic E-state index is 6.04. The van der Waals surface area contributed by atoms with Crippen LogP contribution in [0.2, 0.25) is 10.0 Å². The molecular weight excluding hydrogens is 309 g/mol. The third-order valence-electron chi connectivity index (χ3n) is 2.87. The summed E-state index contributed by atoms with van der Waals surface area (Å²) in [6, 6.07) is 13.1. The van der Waals surface area contributed by atoms with Gasteiger partial charge in [-0.2, -0.15) is 0 Å². The van der Waals surface area contributed by atoms with E-state index in [-0.39, 0.29) is 0 Å². The van der Waals surface area contributed by atoms with E-state index in [0.717, 1.165) is 17.7 Å². The summed E-state index contributed by atoms with van der Waals surface area (Å²) in [7, 11) is 0. The first-order valence-electron chi connectivity index (χ1n) is 6.69. The quantitative estimate of drug-likeness (QED) is 0.772. The molecule has 5 heteroatoms. The van der Waals surface area contributed by atoms with E-state index in [4.69, 9.17) is 38.4 Å². The molecule has 0 aliphatic rings. The molecule has 0 saturated heterocycles. The SMILES string of the molecule is NCc1cccc(OCCCOc2cccc(Cl)c2Cl)c1. The van der Waals surface area contributed by atoms with Crippen LogP contribution in [0.25, 0.3) is 0 Å². The van der Waals surface area contributed by atoms with E-state index in [2.05, 4.69) is 0 Å². The third-order valence-corrected chi connectivity index (χ3v) is 3.67. The molecule has 0 amide bonds. The molecule has 112 valence electrons. The van der Waals surface area contributed by atoms with Gasteiger partial charge in [-0.15, -0.1) is 0 Å². The van der Waals surface area contributed by atoms with Crippen LogP contribution in [0.4, 0.5) is 0 Å². The van der Waals surface area contributed by atoms with Gasteiger partial charge in [-0.1, -0.05) is 41.4 Å². The van der Waals surface area contributed by atoms with E-state index in [1.807, 2.05) is 24.3 Å². The van der Waals surface area contributed by atoms with Gasteiger partial charge >= 0.3 is 0 Å². The number of hydrogen-bond acceptors (Lipinski definition) is 3. The second-order valence-corrected chi connectivity index (χ2v) is 5.24. The molecule has 0 aliphatic heterocycles. The molecule has 0 spiro atoms. The summed E-state index contributed by atoms with van der Waals surface area (Å²) in [6.07, 6.45) is 0.746. The number of nitrogens with two attached hydrogens (primary N) is 1. The Labute approximate surface area is 134 Å². The van der Waals surface area contributed by atoms with Crippen LogP contribution in [0.1, 0.15) is 12.0 Å². The standard InChI is InChI=1S/C16H17Cl2NO2/c17-14-6-2-7-15(16(14)18)21-9-3-8-20-13-5-1-4-12(10-13)11-19/h1-2,4-7,10H,3,8-9,11,19H2. The lowest BCUT2D eigenvalue weighted by Crippen LogP contribution is -2.05. The Kier molecular flexibility index (Phi) is 6.18. The topological polar surface area (TPSA) is 44.5 Å². The molecule has 0 heterocycles. The molecule has 0 saturated carbocycles. The van der Waals surface area contributed by atoms with Crippen LogP contribution >= 0.6 is 23.2 Å². The molecule has 2 aromatic rings. The zero-order valence-corrected chi connectivity index (χ0v) is 13.0. The minimum atomic E-state index is 0.440. The second-order valence-electron chi connectivity index (χ2n) is 4.45. The molecule has 21 heavy (non-hydrogen) atoms. The number of hydrogen-bond donors (Lipinski definition) is 1. The largest absolute Gasteiger partial charge is 0.493 e. The predicted octanol–water partition coefficient (Wildman–Crippen LogP) is 4.30. The Morgan fingerprint density at radius 3 is 2.52 bits per heavy atom. The van der Waals surface area contributed by atoms with Crippen molar-refractivity contribution in [3.05, 3.63) is 58.1 Å². The van der Waals surface area contributed by atoms with E-state index in [1.54, 1.807) is 18.2 Å². The predicted molar refractivity (Wildman–Crippen MR) is 86.4 cm³/mol. The van der Waals surface area contributed by atoms with Crippen molar-refractivity contribution >= 4 is 23.2 Å². The van der Waals surface area contributed by atoms with Crippen molar-refractivity contribution in [3.63, 3.8) is 0 Å². The molecule has 0 radical (unpaired) electrons. The summed E-state index contributed by atoms with van der Waals surface area (Å²) in [5.74, 6) is 1.41. The van der Waals surface area contributed by atoms with Crippen LogP contribution in [0, 0.1) is 0 Å². The number of halogens is 2. The fraction of sp³-hybridized carbons (Fsp3) is 0.250. The number of ether oxygens (including phenoxy) is 2. The fourth-order valence-corrected chi connectivity index (χ4v) is 2.14. The molecular formula is C16H17Cl2NO2. The van der Waals surface area contributed by atoms with Crippen LogP contribution in [0.3, 0.4) is 0 Å². The van der Waals surface area contributed by atoms with Gasteiger partial charge < -0.3 is 15.2 Å². The van der Waals surface area contributed by atoms with E-state index in [0.29, 0.717) is 35.6 Å². The molecule has 2 aromatic carbocycles. The van der Waals surface area contributed by atoms with Gasteiger partial charge in [0.25, 0.3) is 0 Å². The summed E-state index contributed by atoms with van der Waals surface area (Å²) in [5.41, 5.74) is 6.64. The Hall–Kier alpha value is -1.42. The van der Waals surface area contributed by atoms with Crippen molar-refractivity contribution in [1.29, 1.82) is 0 Å². The maximum atomic E-state index is 6.04. The molecule has 0 fully saturated rings. The van der Waals surface area contributed by atoms with Gasteiger partial charge in [-0.25, -0.2) is 0 Å². The van der Waals surface area contributed by atoms with E-state index in [1.165, 1.54) is 0 Å². The first-order valence-corrected chi connectivity index (χ1v) is 7.45. The highest BCUT2D eigenvalue weighted by Gasteiger charge is 2.04. The zero-order chi connectivity index (χ0) is 15.1. The van der Waals surface area contributed by atoms with E-state index in [9.17, 15) is 0 Å². The van der Waals surface area contributed by atoms with Gasteiger partial charge in [0.1, 0.15) is 16.5 Å². The van der Waals surface area contributed by atoms with E-state index >= 15 is 0 Å². The van der Waals surface area contributed by atoms with Crippen LogP contribution < -0.4 is 15.2 Å². The first-order chi connectivity index (χ1) is 10.2. The molecule has 2 N–H and O–H groups in total. The minimum Gasteiger partial charge on any atom is -0.493 e. The Morgan fingerprint density at radius 1 is 0.952 bits per heavy atom. The van der Waals surface area contributed by atoms with E-state index < -0.39 is 0 Å². The summed E-state index contributed by atoms with van der Waals surface area (Å²) < 4.78 is 11.2.